The van der Waals surface area contributed by atoms with E-state index < -0.39 is 24.0 Å². The van der Waals surface area contributed by atoms with Crippen molar-refractivity contribution in [2.24, 2.45) is 0 Å². The molecule has 4 N–H and O–H groups in total. The van der Waals surface area contributed by atoms with Crippen molar-refractivity contribution >= 4 is 6.09 Å². The van der Waals surface area contributed by atoms with Crippen LogP contribution in [0.2, 0.25) is 0 Å². The fourth-order valence-electron chi connectivity index (χ4n) is 1.99. The molecular formula is C16H19N3O5. The van der Waals surface area contributed by atoms with Crippen LogP contribution in [-0.2, 0) is 11.3 Å². The number of aliphatic hydroxyl groups excluding tert-OH is 2. The largest absolute Gasteiger partial charge is 0.445 e. The van der Waals surface area contributed by atoms with Gasteiger partial charge in [-0.15, -0.1) is 0 Å². The van der Waals surface area contributed by atoms with Crippen LogP contribution in [0.4, 0.5) is 4.79 Å². The molecule has 8 nitrogen and oxygen atoms in total. The number of carbonyl (C=O) groups is 1. The summed E-state index contributed by atoms with van der Waals surface area (Å²) in [5, 5.41) is 22.3. The number of H-pyrrole nitrogens is 1. The fourth-order valence-corrected chi connectivity index (χ4v) is 1.99. The molecule has 2 aromatic rings. The zero-order valence-corrected chi connectivity index (χ0v) is 12.9. The predicted octanol–water partition coefficient (Wildman–Crippen LogP) is 0.481. The molecule has 2 unspecified atom stereocenters. The lowest BCUT2D eigenvalue weighted by Crippen LogP contribution is -2.30. The molecule has 0 aliphatic rings. The smallest absolute Gasteiger partial charge is 0.407 e. The molecule has 1 aromatic heterocycles. The number of aromatic amines is 1. The number of alkyl carbamates (subject to hydrolysis) is 1. The van der Waals surface area contributed by atoms with E-state index in [0.717, 1.165) is 5.56 Å². The van der Waals surface area contributed by atoms with Crippen LogP contribution in [0.5, 0.6) is 0 Å². The van der Waals surface area contributed by atoms with Crippen molar-refractivity contribution in [2.75, 3.05) is 6.54 Å². The third kappa shape index (κ3) is 5.49. The second-order valence-corrected chi connectivity index (χ2v) is 5.14. The molecule has 0 aliphatic carbocycles. The summed E-state index contributed by atoms with van der Waals surface area (Å²) in [4.78, 5) is 28.2. The Morgan fingerprint density at radius 2 is 2.04 bits per heavy atom. The minimum atomic E-state index is -1.21. The maximum absolute atomic E-state index is 11.5. The number of amides is 1. The van der Waals surface area contributed by atoms with Gasteiger partial charge in [0.25, 0.3) is 0 Å². The average Bonchev–Trinajstić information content (AvgIpc) is 2.61. The van der Waals surface area contributed by atoms with Gasteiger partial charge in [-0.3, -0.25) is 0 Å². The van der Waals surface area contributed by atoms with E-state index in [1.54, 1.807) is 0 Å². The Kier molecular flexibility index (Phi) is 6.47. The van der Waals surface area contributed by atoms with E-state index in [1.165, 1.54) is 12.4 Å². The van der Waals surface area contributed by atoms with E-state index >= 15 is 0 Å². The van der Waals surface area contributed by atoms with E-state index in [9.17, 15) is 19.8 Å². The number of nitrogens with one attached hydrogen (secondary N) is 2. The zero-order valence-electron chi connectivity index (χ0n) is 12.9. The van der Waals surface area contributed by atoms with Crippen LogP contribution in [0.25, 0.3) is 0 Å². The highest BCUT2D eigenvalue weighted by molar-refractivity contribution is 5.67. The number of nitrogens with zero attached hydrogens (tertiary/aromatic N) is 1. The second kappa shape index (κ2) is 8.80. The lowest BCUT2D eigenvalue weighted by atomic mass is 10.1. The average molecular weight is 333 g/mol. The maximum Gasteiger partial charge on any atom is 0.407 e. The van der Waals surface area contributed by atoms with Gasteiger partial charge >= 0.3 is 11.8 Å². The van der Waals surface area contributed by atoms with Crippen LogP contribution in [0, 0.1) is 0 Å². The summed E-state index contributed by atoms with van der Waals surface area (Å²) in [5.74, 6) is 0. The Bertz CT molecular complexity index is 684. The Balaban J connectivity index is 1.69. The summed E-state index contributed by atoms with van der Waals surface area (Å²) in [6.45, 7) is 0.281. The van der Waals surface area contributed by atoms with Gasteiger partial charge in [0.1, 0.15) is 12.7 Å². The molecule has 0 fully saturated rings. The van der Waals surface area contributed by atoms with Crippen molar-refractivity contribution < 1.29 is 19.7 Å². The number of aromatic nitrogens is 2. The number of benzene rings is 1. The summed E-state index contributed by atoms with van der Waals surface area (Å²) in [6.07, 6.45) is -0.352. The molecule has 0 saturated heterocycles. The second-order valence-electron chi connectivity index (χ2n) is 5.14. The Morgan fingerprint density at radius 3 is 2.71 bits per heavy atom. The molecule has 2 atom stereocenters. The van der Waals surface area contributed by atoms with Gasteiger partial charge < -0.3 is 25.3 Å². The van der Waals surface area contributed by atoms with E-state index in [0.29, 0.717) is 0 Å². The molecule has 1 amide bonds. The van der Waals surface area contributed by atoms with E-state index in [1.807, 2.05) is 30.3 Å². The van der Waals surface area contributed by atoms with Crippen molar-refractivity contribution in [3.63, 3.8) is 0 Å². The number of rotatable bonds is 7. The molecule has 8 heteroatoms. The van der Waals surface area contributed by atoms with Gasteiger partial charge in [-0.25, -0.2) is 14.6 Å². The minimum Gasteiger partial charge on any atom is -0.445 e. The number of hydrogen-bond acceptors (Lipinski definition) is 6. The zero-order chi connectivity index (χ0) is 17.4. The van der Waals surface area contributed by atoms with Crippen molar-refractivity contribution in [3.05, 3.63) is 64.3 Å². The van der Waals surface area contributed by atoms with E-state index in [-0.39, 0.29) is 25.1 Å². The van der Waals surface area contributed by atoms with Crippen LogP contribution in [0.3, 0.4) is 0 Å². The van der Waals surface area contributed by atoms with Crippen LogP contribution < -0.4 is 11.0 Å². The van der Waals surface area contributed by atoms with Gasteiger partial charge in [-0.2, -0.15) is 0 Å². The molecule has 0 saturated carbocycles. The molecule has 24 heavy (non-hydrogen) atoms. The highest BCUT2D eigenvalue weighted by Gasteiger charge is 2.19. The van der Waals surface area contributed by atoms with Gasteiger partial charge in [-0.05, 0) is 12.0 Å². The number of ether oxygens (including phenoxy) is 1. The molecular weight excluding hydrogens is 314 g/mol. The van der Waals surface area contributed by atoms with Crippen molar-refractivity contribution in [3.8, 4) is 0 Å². The highest BCUT2D eigenvalue weighted by Crippen LogP contribution is 2.16. The highest BCUT2D eigenvalue weighted by atomic mass is 16.5. The number of aliphatic hydroxyl groups is 2. The lowest BCUT2D eigenvalue weighted by molar-refractivity contribution is 0.0132. The van der Waals surface area contributed by atoms with Crippen LogP contribution in [-0.4, -0.2) is 38.9 Å². The van der Waals surface area contributed by atoms with Crippen molar-refractivity contribution in [2.45, 2.75) is 25.2 Å². The summed E-state index contributed by atoms with van der Waals surface area (Å²) >= 11 is 0. The molecule has 0 aliphatic heterocycles. The van der Waals surface area contributed by atoms with Gasteiger partial charge in [0, 0.05) is 24.5 Å². The first-order chi connectivity index (χ1) is 11.6. The molecule has 2 rings (SSSR count). The molecule has 0 spiro atoms. The Labute approximate surface area is 138 Å². The van der Waals surface area contributed by atoms with Gasteiger partial charge in [-0.1, -0.05) is 30.3 Å². The van der Waals surface area contributed by atoms with Crippen molar-refractivity contribution in [1.82, 2.24) is 15.3 Å². The van der Waals surface area contributed by atoms with Crippen LogP contribution >= 0.6 is 0 Å². The fraction of sp³-hybridized carbons (Fsp3) is 0.312. The summed E-state index contributed by atoms with van der Waals surface area (Å²) in [5.41, 5.74) is 0.616. The molecule has 0 bridgehead atoms. The lowest BCUT2D eigenvalue weighted by Gasteiger charge is -2.17. The first kappa shape index (κ1) is 17.6. The number of hydrogen-bond donors (Lipinski definition) is 4. The molecule has 128 valence electrons. The topological polar surface area (TPSA) is 125 Å². The first-order valence-corrected chi connectivity index (χ1v) is 7.41. The van der Waals surface area contributed by atoms with Crippen molar-refractivity contribution in [1.29, 1.82) is 0 Å². The van der Waals surface area contributed by atoms with Gasteiger partial charge in [0.15, 0.2) is 0 Å². The normalized spacial score (nSPS) is 13.1. The van der Waals surface area contributed by atoms with Crippen LogP contribution in [0.15, 0.2) is 47.5 Å². The minimum absolute atomic E-state index is 0.112. The van der Waals surface area contributed by atoms with E-state index in [2.05, 4.69) is 15.3 Å². The summed E-state index contributed by atoms with van der Waals surface area (Å²) in [7, 11) is 0. The SMILES string of the molecule is O=C(NCCC(O)C(O)c1cnc(=O)[nH]c1)OCc1ccccc1. The van der Waals surface area contributed by atoms with E-state index in [4.69, 9.17) is 4.74 Å². The van der Waals surface area contributed by atoms with Gasteiger partial charge in [0.2, 0.25) is 0 Å². The third-order valence-corrected chi connectivity index (χ3v) is 3.32. The summed E-state index contributed by atoms with van der Waals surface area (Å²) in [6, 6.07) is 9.24. The standard InChI is InChI=1S/C16H19N3O5/c20-13(14(21)12-8-18-15(22)19-9-12)6-7-17-16(23)24-10-11-4-2-1-3-5-11/h1-5,8-9,13-14,20-21H,6-7,10H2,(H,17,23)(H,18,19,22). The summed E-state index contributed by atoms with van der Waals surface area (Å²) < 4.78 is 5.02. The third-order valence-electron chi connectivity index (χ3n) is 3.32. The Hall–Kier alpha value is -2.71. The monoisotopic (exact) mass is 333 g/mol. The van der Waals surface area contributed by atoms with Crippen LogP contribution in [0.1, 0.15) is 23.7 Å². The first-order valence-electron chi connectivity index (χ1n) is 7.41. The molecule has 1 heterocycles. The molecule has 1 aromatic carbocycles. The quantitative estimate of drug-likeness (QED) is 0.584. The Morgan fingerprint density at radius 1 is 1.29 bits per heavy atom. The number of carbonyl (C=O) groups excluding carboxylic acids is 1. The maximum atomic E-state index is 11.5. The van der Waals surface area contributed by atoms with Gasteiger partial charge in [0.05, 0.1) is 6.10 Å². The predicted molar refractivity (Wildman–Crippen MR) is 85.1 cm³/mol. The molecule has 0 radical (unpaired) electrons.